The average molecular weight is 465 g/mol. The first-order valence-corrected chi connectivity index (χ1v) is 11.5. The largest absolute Gasteiger partial charge is 0.468 e. The second-order valence-electron chi connectivity index (χ2n) is 8.88. The summed E-state index contributed by atoms with van der Waals surface area (Å²) >= 11 is 0. The summed E-state index contributed by atoms with van der Waals surface area (Å²) < 4.78 is 6.60. The Labute approximate surface area is 199 Å². The molecule has 0 unspecified atom stereocenters. The molecular weight excluding hydrogens is 432 g/mol. The normalized spacial score (nSPS) is 17.9. The lowest BCUT2D eigenvalue weighted by Gasteiger charge is -2.26. The number of imidazole rings is 1. The van der Waals surface area contributed by atoms with Crippen LogP contribution in [0.25, 0.3) is 16.9 Å². The van der Waals surface area contributed by atoms with Gasteiger partial charge in [0.15, 0.2) is 5.65 Å². The molecule has 0 saturated heterocycles. The third-order valence-electron chi connectivity index (χ3n) is 6.29. The van der Waals surface area contributed by atoms with Crippen LogP contribution in [0.5, 0.6) is 0 Å². The summed E-state index contributed by atoms with van der Waals surface area (Å²) in [6, 6.07) is 11.9. The van der Waals surface area contributed by atoms with Crippen LogP contribution in [0.15, 0.2) is 42.6 Å². The predicted molar refractivity (Wildman–Crippen MR) is 133 cm³/mol. The number of ether oxygens (including phenoxy) is 1. The van der Waals surface area contributed by atoms with Crippen molar-refractivity contribution in [1.82, 2.24) is 14.7 Å². The summed E-state index contributed by atoms with van der Waals surface area (Å²) in [5, 5.41) is 6.29. The fraction of sp³-hybridized carbons (Fsp3) is 0.400. The van der Waals surface area contributed by atoms with Crippen LogP contribution in [-0.2, 0) is 9.53 Å². The van der Waals surface area contributed by atoms with Gasteiger partial charge in [0.05, 0.1) is 12.7 Å². The Bertz CT molecular complexity index is 1160. The Morgan fingerprint density at radius 2 is 1.85 bits per heavy atom. The van der Waals surface area contributed by atoms with Gasteiger partial charge < -0.3 is 26.0 Å². The van der Waals surface area contributed by atoms with Crippen LogP contribution in [0.3, 0.4) is 0 Å². The van der Waals surface area contributed by atoms with Crippen LogP contribution in [-0.4, -0.2) is 61.1 Å². The third-order valence-corrected chi connectivity index (χ3v) is 6.29. The molecule has 180 valence electrons. The van der Waals surface area contributed by atoms with Gasteiger partial charge in [0.1, 0.15) is 18.1 Å². The number of amides is 1. The van der Waals surface area contributed by atoms with Gasteiger partial charge in [0.2, 0.25) is 0 Å². The molecule has 0 atom stereocenters. The summed E-state index contributed by atoms with van der Waals surface area (Å²) in [6.07, 6.45) is 5.40. The summed E-state index contributed by atoms with van der Waals surface area (Å²) in [5.74, 6) is 0.0645. The quantitative estimate of drug-likeness (QED) is 0.461. The number of anilines is 2. The molecule has 4 rings (SSSR count). The number of hydrogen-bond acceptors (Lipinski definition) is 7. The van der Waals surface area contributed by atoms with Crippen LogP contribution in [0.1, 0.15) is 36.0 Å². The lowest BCUT2D eigenvalue weighted by molar-refractivity contribution is -0.138. The number of rotatable bonds is 7. The maximum atomic E-state index is 13.2. The van der Waals surface area contributed by atoms with Crippen molar-refractivity contribution < 1.29 is 14.3 Å². The number of aromatic nitrogens is 2. The minimum Gasteiger partial charge on any atom is -0.468 e. The predicted octanol–water partition coefficient (Wildman–Crippen LogP) is 2.65. The van der Waals surface area contributed by atoms with E-state index >= 15 is 0 Å². The molecule has 1 fully saturated rings. The monoisotopic (exact) mass is 464 g/mol. The number of pyridine rings is 1. The van der Waals surface area contributed by atoms with Gasteiger partial charge in [-0.15, -0.1) is 0 Å². The number of carbonyl (C=O) groups is 2. The highest BCUT2D eigenvalue weighted by Gasteiger charge is 2.24. The van der Waals surface area contributed by atoms with E-state index in [4.69, 9.17) is 15.5 Å². The number of fused-ring (bicyclic) bond motifs is 1. The van der Waals surface area contributed by atoms with E-state index in [0.29, 0.717) is 22.7 Å². The van der Waals surface area contributed by atoms with Gasteiger partial charge in [-0.1, -0.05) is 12.1 Å². The fourth-order valence-electron chi connectivity index (χ4n) is 4.29. The van der Waals surface area contributed by atoms with Crippen molar-refractivity contribution in [2.24, 2.45) is 5.73 Å². The van der Waals surface area contributed by atoms with Gasteiger partial charge in [0, 0.05) is 43.6 Å². The molecule has 0 radical (unpaired) electrons. The van der Waals surface area contributed by atoms with Crippen molar-refractivity contribution in [1.29, 1.82) is 0 Å². The van der Waals surface area contributed by atoms with E-state index in [2.05, 4.69) is 10.6 Å². The zero-order chi connectivity index (χ0) is 24.2. The first kappa shape index (κ1) is 23.6. The molecule has 2 aromatic heterocycles. The van der Waals surface area contributed by atoms with Gasteiger partial charge in [0.25, 0.3) is 5.91 Å². The number of methoxy groups -OCH3 is 1. The SMILES string of the molecule is COC(=O)CNc1c(-c2ccc(N(C)C)cc2)nc2c(C(=O)NC3CCC(N)CC3)cccn12. The van der Waals surface area contributed by atoms with Crippen molar-refractivity contribution in [3.05, 3.63) is 48.2 Å². The average Bonchev–Trinajstić information content (AvgIpc) is 3.22. The summed E-state index contributed by atoms with van der Waals surface area (Å²) in [7, 11) is 5.31. The first-order chi connectivity index (χ1) is 16.4. The molecule has 1 aliphatic carbocycles. The lowest BCUT2D eigenvalue weighted by atomic mass is 9.91. The molecule has 9 heteroatoms. The first-order valence-electron chi connectivity index (χ1n) is 11.5. The number of esters is 1. The Morgan fingerprint density at radius 1 is 1.15 bits per heavy atom. The minimum atomic E-state index is -0.395. The minimum absolute atomic E-state index is 0.0220. The topological polar surface area (TPSA) is 114 Å². The molecule has 1 aromatic carbocycles. The molecule has 2 heterocycles. The van der Waals surface area contributed by atoms with E-state index in [1.807, 2.05) is 59.9 Å². The van der Waals surface area contributed by atoms with Crippen molar-refractivity contribution in [2.45, 2.75) is 37.8 Å². The maximum Gasteiger partial charge on any atom is 0.325 e. The molecular formula is C25H32N6O3. The number of nitrogens with zero attached hydrogens (tertiary/aromatic N) is 3. The zero-order valence-corrected chi connectivity index (χ0v) is 19.9. The van der Waals surface area contributed by atoms with Crippen molar-refractivity contribution in [3.63, 3.8) is 0 Å². The fourth-order valence-corrected chi connectivity index (χ4v) is 4.29. The molecule has 0 spiro atoms. The lowest BCUT2D eigenvalue weighted by Crippen LogP contribution is -2.40. The second-order valence-corrected chi connectivity index (χ2v) is 8.88. The third kappa shape index (κ3) is 4.99. The van der Waals surface area contributed by atoms with Crippen molar-refractivity contribution in [2.75, 3.05) is 38.0 Å². The van der Waals surface area contributed by atoms with Crippen molar-refractivity contribution >= 4 is 29.0 Å². The van der Waals surface area contributed by atoms with Crippen LogP contribution in [0, 0.1) is 0 Å². The highest BCUT2D eigenvalue weighted by Crippen LogP contribution is 2.31. The highest BCUT2D eigenvalue weighted by atomic mass is 16.5. The molecule has 0 bridgehead atoms. The molecule has 0 aliphatic heterocycles. The number of nitrogens with two attached hydrogens (primary N) is 1. The highest BCUT2D eigenvalue weighted by molar-refractivity contribution is 6.01. The van der Waals surface area contributed by atoms with E-state index in [1.54, 1.807) is 6.07 Å². The molecule has 3 aromatic rings. The standard InChI is InChI=1S/C25H32N6O3/c1-30(2)19-12-6-16(7-13-19)22-24(27-15-21(32)34-3)31-14-4-5-20(23(31)29-22)25(33)28-18-10-8-17(26)9-11-18/h4-7,12-14,17-18,27H,8-11,15,26H2,1-3H3,(H,28,33). The van der Waals surface area contributed by atoms with Crippen LogP contribution in [0.2, 0.25) is 0 Å². The molecule has 1 amide bonds. The number of nitrogens with one attached hydrogen (secondary N) is 2. The summed E-state index contributed by atoms with van der Waals surface area (Å²) in [4.78, 5) is 31.9. The maximum absolute atomic E-state index is 13.2. The van der Waals surface area contributed by atoms with E-state index < -0.39 is 5.97 Å². The van der Waals surface area contributed by atoms with Crippen molar-refractivity contribution in [3.8, 4) is 11.3 Å². The van der Waals surface area contributed by atoms with E-state index in [9.17, 15) is 9.59 Å². The van der Waals surface area contributed by atoms with E-state index in [-0.39, 0.29) is 24.5 Å². The van der Waals surface area contributed by atoms with Gasteiger partial charge in [-0.25, -0.2) is 4.98 Å². The van der Waals surface area contributed by atoms with Gasteiger partial charge in [-0.3, -0.25) is 14.0 Å². The number of hydrogen-bond donors (Lipinski definition) is 3. The Balaban J connectivity index is 1.71. The van der Waals surface area contributed by atoms with Gasteiger partial charge in [-0.2, -0.15) is 0 Å². The molecule has 34 heavy (non-hydrogen) atoms. The second kappa shape index (κ2) is 10.1. The Morgan fingerprint density at radius 3 is 2.50 bits per heavy atom. The van der Waals surface area contributed by atoms with E-state index in [0.717, 1.165) is 36.9 Å². The zero-order valence-electron chi connectivity index (χ0n) is 19.9. The number of benzene rings is 1. The van der Waals surface area contributed by atoms with Crippen LogP contribution < -0.4 is 21.3 Å². The van der Waals surface area contributed by atoms with Gasteiger partial charge >= 0.3 is 5.97 Å². The molecule has 1 saturated carbocycles. The van der Waals surface area contributed by atoms with Crippen LogP contribution >= 0.6 is 0 Å². The van der Waals surface area contributed by atoms with Crippen LogP contribution in [0.4, 0.5) is 11.5 Å². The molecule has 4 N–H and O–H groups in total. The molecule has 9 nitrogen and oxygen atoms in total. The summed E-state index contributed by atoms with van der Waals surface area (Å²) in [5.41, 5.74) is 9.59. The Kier molecular flexibility index (Phi) is 7.02. The van der Waals surface area contributed by atoms with Gasteiger partial charge in [-0.05, 0) is 49.9 Å². The summed E-state index contributed by atoms with van der Waals surface area (Å²) in [6.45, 7) is -0.0220. The Hall–Kier alpha value is -3.59. The van der Waals surface area contributed by atoms with E-state index in [1.165, 1.54) is 7.11 Å². The number of carbonyl (C=O) groups excluding carboxylic acids is 2. The smallest absolute Gasteiger partial charge is 0.325 e. The molecule has 1 aliphatic rings.